The van der Waals surface area contributed by atoms with E-state index >= 15 is 0 Å². The summed E-state index contributed by atoms with van der Waals surface area (Å²) in [6.07, 6.45) is 2.54. The quantitative estimate of drug-likeness (QED) is 0.763. The van der Waals surface area contributed by atoms with Crippen LogP contribution in [0.25, 0.3) is 0 Å². The molecule has 3 rings (SSSR count). The van der Waals surface area contributed by atoms with Crippen molar-refractivity contribution in [2.24, 2.45) is 0 Å². The summed E-state index contributed by atoms with van der Waals surface area (Å²) in [5, 5.41) is 0. The predicted molar refractivity (Wildman–Crippen MR) is 100 cm³/mol. The van der Waals surface area contributed by atoms with E-state index < -0.39 is 0 Å². The predicted octanol–water partition coefficient (Wildman–Crippen LogP) is 5.05. The number of ether oxygens (including phenoxy) is 1. The van der Waals surface area contributed by atoms with Gasteiger partial charge in [-0.3, -0.25) is 4.90 Å². The molecule has 2 heteroatoms. The van der Waals surface area contributed by atoms with Crippen LogP contribution in [0.3, 0.4) is 0 Å². The van der Waals surface area contributed by atoms with Crippen molar-refractivity contribution in [3.05, 3.63) is 71.8 Å². The Morgan fingerprint density at radius 2 is 1.33 bits per heavy atom. The minimum Gasteiger partial charge on any atom is -0.365 e. The first-order valence-electron chi connectivity index (χ1n) is 9.20. The topological polar surface area (TPSA) is 12.5 Å². The fourth-order valence-electron chi connectivity index (χ4n) is 4.09. The van der Waals surface area contributed by atoms with E-state index in [2.05, 4.69) is 86.3 Å². The van der Waals surface area contributed by atoms with Crippen LogP contribution in [-0.2, 0) is 4.74 Å². The number of nitrogens with zero attached hydrogens (tertiary/aromatic N) is 1. The van der Waals surface area contributed by atoms with Gasteiger partial charge in [0.15, 0.2) is 0 Å². The standard InChI is InChI=1S/C22H29NO/c1-4-23-17(2)15-21(16-18(23)3)24-22(19-11-7-5-8-12-19)20-13-9-6-10-14-20/h5-14,17-18,21-22H,4,15-16H2,1-3H3. The van der Waals surface area contributed by atoms with Crippen LogP contribution in [0, 0.1) is 0 Å². The van der Waals surface area contributed by atoms with Gasteiger partial charge in [-0.05, 0) is 44.4 Å². The van der Waals surface area contributed by atoms with E-state index in [1.54, 1.807) is 0 Å². The SMILES string of the molecule is CCN1C(C)CC(OC(c2ccccc2)c2ccccc2)CC1C. The van der Waals surface area contributed by atoms with Crippen molar-refractivity contribution in [2.75, 3.05) is 6.54 Å². The molecule has 0 amide bonds. The lowest BCUT2D eigenvalue weighted by Gasteiger charge is -2.43. The zero-order chi connectivity index (χ0) is 16.9. The molecule has 1 fully saturated rings. The van der Waals surface area contributed by atoms with Crippen LogP contribution < -0.4 is 0 Å². The first kappa shape index (κ1) is 17.2. The summed E-state index contributed by atoms with van der Waals surface area (Å²) < 4.78 is 6.67. The highest BCUT2D eigenvalue weighted by Gasteiger charge is 2.32. The third-order valence-corrected chi connectivity index (χ3v) is 5.24. The van der Waals surface area contributed by atoms with Crippen LogP contribution >= 0.6 is 0 Å². The molecular formula is C22H29NO. The van der Waals surface area contributed by atoms with Gasteiger partial charge in [-0.1, -0.05) is 67.6 Å². The summed E-state index contributed by atoms with van der Waals surface area (Å²) in [5.74, 6) is 0. The van der Waals surface area contributed by atoms with E-state index in [4.69, 9.17) is 4.74 Å². The van der Waals surface area contributed by atoms with Crippen LogP contribution in [0.2, 0.25) is 0 Å². The van der Waals surface area contributed by atoms with Gasteiger partial charge < -0.3 is 4.74 Å². The van der Waals surface area contributed by atoms with E-state index in [0.29, 0.717) is 18.2 Å². The van der Waals surface area contributed by atoms with E-state index in [-0.39, 0.29) is 6.10 Å². The van der Waals surface area contributed by atoms with E-state index in [0.717, 1.165) is 19.4 Å². The molecule has 2 unspecified atom stereocenters. The van der Waals surface area contributed by atoms with Crippen molar-refractivity contribution in [2.45, 2.75) is 57.9 Å². The van der Waals surface area contributed by atoms with E-state index in [1.807, 2.05) is 0 Å². The van der Waals surface area contributed by atoms with E-state index in [1.165, 1.54) is 11.1 Å². The van der Waals surface area contributed by atoms with Crippen LogP contribution in [-0.4, -0.2) is 29.6 Å². The molecule has 1 aliphatic heterocycles. The Hall–Kier alpha value is -1.64. The van der Waals surface area contributed by atoms with Gasteiger partial charge in [-0.25, -0.2) is 0 Å². The number of piperidine rings is 1. The number of rotatable bonds is 5. The summed E-state index contributed by atoms with van der Waals surface area (Å²) in [7, 11) is 0. The lowest BCUT2D eigenvalue weighted by molar-refractivity contribution is -0.0577. The molecule has 0 radical (unpaired) electrons. The Morgan fingerprint density at radius 1 is 0.875 bits per heavy atom. The minimum atomic E-state index is 0.0185. The van der Waals surface area contributed by atoms with Crippen molar-refractivity contribution in [1.29, 1.82) is 0 Å². The Kier molecular flexibility index (Phi) is 5.70. The summed E-state index contributed by atoms with van der Waals surface area (Å²) in [4.78, 5) is 2.58. The van der Waals surface area contributed by atoms with Gasteiger partial charge in [0, 0.05) is 12.1 Å². The minimum absolute atomic E-state index is 0.0185. The van der Waals surface area contributed by atoms with Crippen LogP contribution in [0.4, 0.5) is 0 Å². The maximum Gasteiger partial charge on any atom is 0.108 e. The first-order chi connectivity index (χ1) is 11.7. The van der Waals surface area contributed by atoms with Crippen LogP contribution in [0.15, 0.2) is 60.7 Å². The molecule has 1 heterocycles. The molecule has 1 saturated heterocycles. The van der Waals surface area contributed by atoms with Crippen molar-refractivity contribution >= 4 is 0 Å². The molecular weight excluding hydrogens is 294 g/mol. The van der Waals surface area contributed by atoms with Crippen LogP contribution in [0.1, 0.15) is 50.8 Å². The van der Waals surface area contributed by atoms with Gasteiger partial charge in [0.2, 0.25) is 0 Å². The van der Waals surface area contributed by atoms with Crippen molar-refractivity contribution < 1.29 is 4.74 Å². The second-order valence-corrected chi connectivity index (χ2v) is 6.96. The zero-order valence-corrected chi connectivity index (χ0v) is 15.1. The lowest BCUT2D eigenvalue weighted by Crippen LogP contribution is -2.48. The van der Waals surface area contributed by atoms with Crippen molar-refractivity contribution in [1.82, 2.24) is 4.90 Å². The average molecular weight is 323 g/mol. The summed E-state index contributed by atoms with van der Waals surface area (Å²) in [6, 6.07) is 22.4. The molecule has 0 saturated carbocycles. The smallest absolute Gasteiger partial charge is 0.108 e. The van der Waals surface area contributed by atoms with Gasteiger partial charge in [-0.2, -0.15) is 0 Å². The fraction of sp³-hybridized carbons (Fsp3) is 0.455. The normalized spacial score (nSPS) is 25.1. The number of likely N-dealkylation sites (tertiary alicyclic amines) is 1. The summed E-state index contributed by atoms with van der Waals surface area (Å²) >= 11 is 0. The van der Waals surface area contributed by atoms with Crippen molar-refractivity contribution in [3.8, 4) is 0 Å². The van der Waals surface area contributed by atoms with Gasteiger partial charge >= 0.3 is 0 Å². The second-order valence-electron chi connectivity index (χ2n) is 6.96. The molecule has 128 valence electrons. The highest BCUT2D eigenvalue weighted by Crippen LogP contribution is 2.32. The molecule has 0 aromatic heterocycles. The molecule has 0 bridgehead atoms. The molecule has 24 heavy (non-hydrogen) atoms. The first-order valence-corrected chi connectivity index (χ1v) is 9.20. The monoisotopic (exact) mass is 323 g/mol. The summed E-state index contributed by atoms with van der Waals surface area (Å²) in [6.45, 7) is 8.03. The van der Waals surface area contributed by atoms with Crippen LogP contribution in [0.5, 0.6) is 0 Å². The molecule has 1 aliphatic rings. The Morgan fingerprint density at radius 3 is 1.75 bits per heavy atom. The highest BCUT2D eigenvalue weighted by atomic mass is 16.5. The molecule has 2 aromatic carbocycles. The van der Waals surface area contributed by atoms with Gasteiger partial charge in [0.25, 0.3) is 0 Å². The molecule has 0 spiro atoms. The summed E-state index contributed by atoms with van der Waals surface area (Å²) in [5.41, 5.74) is 2.48. The molecule has 2 aromatic rings. The lowest BCUT2D eigenvalue weighted by atomic mass is 9.93. The molecule has 2 atom stereocenters. The molecule has 0 aliphatic carbocycles. The average Bonchev–Trinajstić information content (AvgIpc) is 2.61. The highest BCUT2D eigenvalue weighted by molar-refractivity contribution is 5.30. The Balaban J connectivity index is 1.80. The number of benzene rings is 2. The van der Waals surface area contributed by atoms with Gasteiger partial charge in [-0.15, -0.1) is 0 Å². The Bertz CT molecular complexity index is 561. The Labute approximate surface area is 146 Å². The van der Waals surface area contributed by atoms with Gasteiger partial charge in [0.1, 0.15) is 6.10 Å². The van der Waals surface area contributed by atoms with Gasteiger partial charge in [0.05, 0.1) is 6.10 Å². The number of hydrogen-bond donors (Lipinski definition) is 0. The second kappa shape index (κ2) is 7.96. The maximum atomic E-state index is 6.67. The van der Waals surface area contributed by atoms with E-state index in [9.17, 15) is 0 Å². The largest absolute Gasteiger partial charge is 0.365 e. The molecule has 2 nitrogen and oxygen atoms in total. The zero-order valence-electron chi connectivity index (χ0n) is 15.1. The molecule has 0 N–H and O–H groups in total. The third-order valence-electron chi connectivity index (χ3n) is 5.24. The number of hydrogen-bond acceptors (Lipinski definition) is 2. The van der Waals surface area contributed by atoms with Crippen molar-refractivity contribution in [3.63, 3.8) is 0 Å². The maximum absolute atomic E-state index is 6.67. The fourth-order valence-corrected chi connectivity index (χ4v) is 4.09. The third kappa shape index (κ3) is 3.88.